The molecule has 94 valence electrons. The monoisotopic (exact) mass is 243 g/mol. The van der Waals surface area contributed by atoms with E-state index in [1.807, 2.05) is 6.07 Å². The molecule has 1 aliphatic rings. The molecule has 1 saturated carbocycles. The summed E-state index contributed by atoms with van der Waals surface area (Å²) < 4.78 is 33.9. The van der Waals surface area contributed by atoms with Crippen molar-refractivity contribution in [1.29, 1.82) is 0 Å². The minimum absolute atomic E-state index is 0.0858. The molecule has 1 aromatic carbocycles. The van der Waals surface area contributed by atoms with Crippen LogP contribution in [0.3, 0.4) is 0 Å². The van der Waals surface area contributed by atoms with Crippen LogP contribution in [-0.4, -0.2) is 20.3 Å². The maximum absolute atomic E-state index is 12.2. The molecule has 2 unspecified atom stereocenters. The first kappa shape index (κ1) is 12.1. The Morgan fingerprint density at radius 3 is 2.71 bits per heavy atom. The number of ether oxygens (including phenoxy) is 2. The highest BCUT2D eigenvalue weighted by Crippen LogP contribution is 2.48. The second-order valence-corrected chi connectivity index (χ2v) is 4.13. The van der Waals surface area contributed by atoms with Crippen molar-refractivity contribution < 1.29 is 18.3 Å². The lowest BCUT2D eigenvalue weighted by atomic mass is 10.1. The largest absolute Gasteiger partial charge is 0.493 e. The van der Waals surface area contributed by atoms with Crippen molar-refractivity contribution in [2.75, 3.05) is 13.7 Å². The van der Waals surface area contributed by atoms with Crippen LogP contribution in [0.1, 0.15) is 17.9 Å². The van der Waals surface area contributed by atoms with Crippen molar-refractivity contribution in [3.05, 3.63) is 23.8 Å². The van der Waals surface area contributed by atoms with Gasteiger partial charge < -0.3 is 15.2 Å². The van der Waals surface area contributed by atoms with Gasteiger partial charge >= 0.3 is 6.61 Å². The molecule has 2 atom stereocenters. The Morgan fingerprint density at radius 1 is 1.41 bits per heavy atom. The van der Waals surface area contributed by atoms with Crippen molar-refractivity contribution in [2.24, 2.45) is 11.7 Å². The second kappa shape index (κ2) is 4.87. The zero-order valence-corrected chi connectivity index (χ0v) is 9.53. The molecule has 3 nitrogen and oxygen atoms in total. The van der Waals surface area contributed by atoms with E-state index < -0.39 is 6.61 Å². The van der Waals surface area contributed by atoms with Gasteiger partial charge in [0, 0.05) is 0 Å². The summed E-state index contributed by atoms with van der Waals surface area (Å²) in [5.41, 5.74) is 6.54. The van der Waals surface area contributed by atoms with E-state index in [2.05, 4.69) is 4.74 Å². The van der Waals surface area contributed by atoms with Crippen LogP contribution in [0, 0.1) is 5.92 Å². The van der Waals surface area contributed by atoms with Gasteiger partial charge in [-0.1, -0.05) is 6.07 Å². The molecule has 0 bridgehead atoms. The number of halogens is 2. The number of nitrogens with two attached hydrogens (primary N) is 1. The summed E-state index contributed by atoms with van der Waals surface area (Å²) in [6, 6.07) is 5.14. The summed E-state index contributed by atoms with van der Waals surface area (Å²) in [6.07, 6.45) is 1.01. The van der Waals surface area contributed by atoms with Gasteiger partial charge in [0.05, 0.1) is 7.11 Å². The Balaban J connectivity index is 2.19. The lowest BCUT2D eigenvalue weighted by Gasteiger charge is -2.11. The number of alkyl halides is 2. The third-order valence-corrected chi connectivity index (χ3v) is 3.06. The Kier molecular flexibility index (Phi) is 3.47. The molecule has 0 radical (unpaired) electrons. The lowest BCUT2D eigenvalue weighted by Crippen LogP contribution is -2.05. The first-order chi connectivity index (χ1) is 8.15. The second-order valence-electron chi connectivity index (χ2n) is 4.13. The van der Waals surface area contributed by atoms with E-state index in [4.69, 9.17) is 10.5 Å². The Bertz CT molecular complexity index is 398. The smallest absolute Gasteiger partial charge is 0.387 e. The maximum Gasteiger partial charge on any atom is 0.387 e. The van der Waals surface area contributed by atoms with Crippen LogP contribution >= 0.6 is 0 Å². The van der Waals surface area contributed by atoms with Crippen molar-refractivity contribution in [3.8, 4) is 11.5 Å². The minimum Gasteiger partial charge on any atom is -0.493 e. The maximum atomic E-state index is 12.2. The molecule has 17 heavy (non-hydrogen) atoms. The summed E-state index contributed by atoms with van der Waals surface area (Å²) in [5, 5.41) is 0. The first-order valence-corrected chi connectivity index (χ1v) is 5.48. The van der Waals surface area contributed by atoms with Gasteiger partial charge in [-0.25, -0.2) is 0 Å². The van der Waals surface area contributed by atoms with Crippen LogP contribution in [0.2, 0.25) is 0 Å². The molecule has 1 aliphatic carbocycles. The van der Waals surface area contributed by atoms with E-state index in [9.17, 15) is 8.78 Å². The number of methoxy groups -OCH3 is 1. The van der Waals surface area contributed by atoms with E-state index >= 15 is 0 Å². The van der Waals surface area contributed by atoms with Crippen LogP contribution in [-0.2, 0) is 0 Å². The predicted molar refractivity (Wildman–Crippen MR) is 59.5 cm³/mol. The summed E-state index contributed by atoms with van der Waals surface area (Å²) in [5.74, 6) is 1.23. The third kappa shape index (κ3) is 2.66. The molecule has 1 aromatic rings. The molecular formula is C12H15F2NO2. The quantitative estimate of drug-likeness (QED) is 0.863. The van der Waals surface area contributed by atoms with Crippen LogP contribution in [0.25, 0.3) is 0 Å². The van der Waals surface area contributed by atoms with Crippen molar-refractivity contribution in [2.45, 2.75) is 19.0 Å². The van der Waals surface area contributed by atoms with Crippen molar-refractivity contribution >= 4 is 0 Å². The molecule has 2 N–H and O–H groups in total. The molecule has 0 saturated heterocycles. The standard InChI is InChI=1S/C12H15F2NO2/c1-16-10-3-2-7(9-4-8(9)6-15)5-11(10)17-12(13)14/h2-3,5,8-9,12H,4,6,15H2,1H3. The molecule has 0 spiro atoms. The highest BCUT2D eigenvalue weighted by atomic mass is 19.3. The van der Waals surface area contributed by atoms with Crippen molar-refractivity contribution in [1.82, 2.24) is 0 Å². The summed E-state index contributed by atoms with van der Waals surface area (Å²) in [7, 11) is 1.42. The van der Waals surface area contributed by atoms with Crippen molar-refractivity contribution in [3.63, 3.8) is 0 Å². The topological polar surface area (TPSA) is 44.5 Å². The SMILES string of the molecule is COc1ccc(C2CC2CN)cc1OC(F)F. The van der Waals surface area contributed by atoms with E-state index in [0.717, 1.165) is 12.0 Å². The Hall–Kier alpha value is -1.36. The van der Waals surface area contributed by atoms with Gasteiger partial charge in [-0.3, -0.25) is 0 Å². The van der Waals surface area contributed by atoms with Gasteiger partial charge in [0.25, 0.3) is 0 Å². The summed E-state index contributed by atoms with van der Waals surface area (Å²) in [6.45, 7) is -2.22. The molecule has 0 aliphatic heterocycles. The van der Waals surface area contributed by atoms with Crippen LogP contribution in [0.4, 0.5) is 8.78 Å². The number of hydrogen-bond donors (Lipinski definition) is 1. The molecule has 5 heteroatoms. The van der Waals surface area contributed by atoms with Gasteiger partial charge in [-0.2, -0.15) is 8.78 Å². The van der Waals surface area contributed by atoms with E-state index in [1.165, 1.54) is 7.11 Å². The average Bonchev–Trinajstić information content (AvgIpc) is 3.07. The number of hydrogen-bond acceptors (Lipinski definition) is 3. The minimum atomic E-state index is -2.84. The van der Waals surface area contributed by atoms with Crippen LogP contribution in [0.15, 0.2) is 18.2 Å². The molecule has 0 aromatic heterocycles. The third-order valence-electron chi connectivity index (χ3n) is 3.06. The summed E-state index contributed by atoms with van der Waals surface area (Å²) in [4.78, 5) is 0. The Morgan fingerprint density at radius 2 is 2.18 bits per heavy atom. The fraction of sp³-hybridized carbons (Fsp3) is 0.500. The average molecular weight is 243 g/mol. The van der Waals surface area contributed by atoms with E-state index in [0.29, 0.717) is 24.1 Å². The molecule has 1 fully saturated rings. The zero-order valence-electron chi connectivity index (χ0n) is 9.53. The Labute approximate surface area is 98.5 Å². The highest BCUT2D eigenvalue weighted by Gasteiger charge is 2.37. The number of rotatable bonds is 5. The van der Waals surface area contributed by atoms with Gasteiger partial charge in [-0.05, 0) is 42.5 Å². The van der Waals surface area contributed by atoms with E-state index in [1.54, 1.807) is 12.1 Å². The van der Waals surface area contributed by atoms with Gasteiger partial charge in [-0.15, -0.1) is 0 Å². The fourth-order valence-corrected chi connectivity index (χ4v) is 2.03. The summed E-state index contributed by atoms with van der Waals surface area (Å²) >= 11 is 0. The highest BCUT2D eigenvalue weighted by molar-refractivity contribution is 5.45. The van der Waals surface area contributed by atoms with Gasteiger partial charge in [0.1, 0.15) is 0 Å². The van der Waals surface area contributed by atoms with Crippen LogP contribution in [0.5, 0.6) is 11.5 Å². The lowest BCUT2D eigenvalue weighted by molar-refractivity contribution is -0.0512. The first-order valence-electron chi connectivity index (χ1n) is 5.48. The van der Waals surface area contributed by atoms with Crippen LogP contribution < -0.4 is 15.2 Å². The molecule has 0 heterocycles. The fourth-order valence-electron chi connectivity index (χ4n) is 2.03. The zero-order chi connectivity index (χ0) is 12.4. The predicted octanol–water partition coefficient (Wildman–Crippen LogP) is 2.36. The van der Waals surface area contributed by atoms with Gasteiger partial charge in [0.15, 0.2) is 11.5 Å². The molecule has 2 rings (SSSR count). The van der Waals surface area contributed by atoms with E-state index in [-0.39, 0.29) is 5.75 Å². The molecular weight excluding hydrogens is 228 g/mol. The normalized spacial score (nSPS) is 22.6. The molecule has 0 amide bonds. The van der Waals surface area contributed by atoms with Gasteiger partial charge in [0.2, 0.25) is 0 Å². The number of benzene rings is 1.